The second-order valence-corrected chi connectivity index (χ2v) is 5.58. The molecule has 0 unspecified atom stereocenters. The Balaban J connectivity index is 2.77. The van der Waals surface area contributed by atoms with Crippen molar-refractivity contribution in [3.8, 4) is 0 Å². The number of hydrogen-bond acceptors (Lipinski definition) is 2. The maximum Gasteiger partial charge on any atom is 0.225 e. The topological polar surface area (TPSA) is 40.5 Å². The maximum absolute atomic E-state index is 12.3. The van der Waals surface area contributed by atoms with Gasteiger partial charge in [0.25, 0.3) is 0 Å². The molecule has 0 spiro atoms. The summed E-state index contributed by atoms with van der Waals surface area (Å²) < 4.78 is 0. The monoisotopic (exact) mass is 263 g/mol. The van der Waals surface area contributed by atoms with E-state index in [1.165, 1.54) is 0 Å². The van der Waals surface area contributed by atoms with Crippen LogP contribution in [0.3, 0.4) is 0 Å². The first kappa shape index (κ1) is 15.7. The van der Waals surface area contributed by atoms with Crippen molar-refractivity contribution in [2.24, 2.45) is 11.8 Å². The summed E-state index contributed by atoms with van der Waals surface area (Å²) in [5.41, 5.74) is 0.840. The number of rotatable bonds is 5. The molecule has 106 valence electrons. The van der Waals surface area contributed by atoms with Crippen molar-refractivity contribution in [1.29, 1.82) is 0 Å². The highest BCUT2D eigenvalue weighted by Gasteiger charge is 2.28. The quantitative estimate of drug-likeness (QED) is 0.887. The number of likely N-dealkylation sites (N-methyl/N-ethyl adjacent to an activating group) is 1. The number of hydrogen-bond donors (Lipinski definition) is 1. The zero-order valence-electron chi connectivity index (χ0n) is 12.5. The SMILES string of the molecule is CC(C)[C@H](C)C(=O)N(C)[C@@H](C)[C@@H](O)c1ccccc1. The van der Waals surface area contributed by atoms with Crippen molar-refractivity contribution in [2.75, 3.05) is 7.05 Å². The van der Waals surface area contributed by atoms with Crippen LogP contribution in [0, 0.1) is 11.8 Å². The van der Waals surface area contributed by atoms with Gasteiger partial charge in [-0.3, -0.25) is 4.79 Å². The normalized spacial score (nSPS) is 15.9. The number of benzene rings is 1. The molecule has 0 aliphatic heterocycles. The molecule has 1 amide bonds. The summed E-state index contributed by atoms with van der Waals surface area (Å²) >= 11 is 0. The maximum atomic E-state index is 12.3. The zero-order valence-corrected chi connectivity index (χ0v) is 12.5. The van der Waals surface area contributed by atoms with Gasteiger partial charge >= 0.3 is 0 Å². The number of amides is 1. The summed E-state index contributed by atoms with van der Waals surface area (Å²) in [5.74, 6) is 0.351. The van der Waals surface area contributed by atoms with Gasteiger partial charge in [0.05, 0.1) is 12.1 Å². The van der Waals surface area contributed by atoms with E-state index in [0.29, 0.717) is 5.92 Å². The predicted molar refractivity (Wildman–Crippen MR) is 77.6 cm³/mol. The molecule has 0 heterocycles. The lowest BCUT2D eigenvalue weighted by atomic mass is 9.95. The summed E-state index contributed by atoms with van der Waals surface area (Å²) in [6.45, 7) is 7.89. The van der Waals surface area contributed by atoms with Gasteiger partial charge in [-0.05, 0) is 18.4 Å². The van der Waals surface area contributed by atoms with E-state index in [4.69, 9.17) is 0 Å². The molecule has 0 saturated heterocycles. The molecule has 0 radical (unpaired) electrons. The first-order valence-corrected chi connectivity index (χ1v) is 6.86. The minimum atomic E-state index is -0.658. The van der Waals surface area contributed by atoms with Crippen molar-refractivity contribution >= 4 is 5.91 Å². The fourth-order valence-corrected chi connectivity index (χ4v) is 1.95. The van der Waals surface area contributed by atoms with E-state index >= 15 is 0 Å². The number of carbonyl (C=O) groups excluding carboxylic acids is 1. The Morgan fingerprint density at radius 2 is 1.63 bits per heavy atom. The molecule has 1 rings (SSSR count). The van der Waals surface area contributed by atoms with Crippen LogP contribution >= 0.6 is 0 Å². The highest BCUT2D eigenvalue weighted by atomic mass is 16.3. The van der Waals surface area contributed by atoms with Crippen LogP contribution in [0.4, 0.5) is 0 Å². The molecule has 3 heteroatoms. The molecule has 0 fully saturated rings. The molecule has 1 aromatic rings. The number of nitrogens with zero attached hydrogens (tertiary/aromatic N) is 1. The van der Waals surface area contributed by atoms with Crippen LogP contribution in [0.5, 0.6) is 0 Å². The number of aliphatic hydroxyl groups excluding tert-OH is 1. The third-order valence-electron chi connectivity index (χ3n) is 3.95. The summed E-state index contributed by atoms with van der Waals surface area (Å²) in [5, 5.41) is 10.3. The fourth-order valence-electron chi connectivity index (χ4n) is 1.95. The largest absolute Gasteiger partial charge is 0.386 e. The molecule has 0 saturated carbocycles. The van der Waals surface area contributed by atoms with Crippen molar-refractivity contribution in [3.05, 3.63) is 35.9 Å². The smallest absolute Gasteiger partial charge is 0.225 e. The lowest BCUT2D eigenvalue weighted by Gasteiger charge is -2.32. The highest BCUT2D eigenvalue weighted by Crippen LogP contribution is 2.22. The van der Waals surface area contributed by atoms with E-state index in [1.54, 1.807) is 11.9 Å². The van der Waals surface area contributed by atoms with Crippen LogP contribution < -0.4 is 0 Å². The molecular weight excluding hydrogens is 238 g/mol. The van der Waals surface area contributed by atoms with Crippen LogP contribution in [-0.2, 0) is 4.79 Å². The van der Waals surface area contributed by atoms with E-state index in [9.17, 15) is 9.90 Å². The van der Waals surface area contributed by atoms with Crippen LogP contribution in [-0.4, -0.2) is 29.0 Å². The van der Waals surface area contributed by atoms with Gasteiger partial charge in [-0.1, -0.05) is 51.1 Å². The van der Waals surface area contributed by atoms with E-state index in [1.807, 2.05) is 58.0 Å². The first-order valence-electron chi connectivity index (χ1n) is 6.86. The second-order valence-electron chi connectivity index (χ2n) is 5.58. The van der Waals surface area contributed by atoms with Crippen LogP contribution in [0.2, 0.25) is 0 Å². The highest BCUT2D eigenvalue weighted by molar-refractivity contribution is 5.78. The molecule has 19 heavy (non-hydrogen) atoms. The van der Waals surface area contributed by atoms with E-state index in [-0.39, 0.29) is 17.9 Å². The molecule has 0 aliphatic carbocycles. The molecule has 0 bridgehead atoms. The predicted octanol–water partition coefficient (Wildman–Crippen LogP) is 2.86. The Hall–Kier alpha value is -1.35. The third-order valence-corrected chi connectivity index (χ3v) is 3.95. The van der Waals surface area contributed by atoms with Gasteiger partial charge in [0.1, 0.15) is 0 Å². The molecule has 0 aromatic heterocycles. The first-order chi connectivity index (χ1) is 8.86. The average molecular weight is 263 g/mol. The molecular formula is C16H25NO2. The fraction of sp³-hybridized carbons (Fsp3) is 0.562. The van der Waals surface area contributed by atoms with Crippen molar-refractivity contribution in [3.63, 3.8) is 0 Å². The summed E-state index contributed by atoms with van der Waals surface area (Å²) in [7, 11) is 1.76. The second kappa shape index (κ2) is 6.71. The van der Waals surface area contributed by atoms with E-state index in [2.05, 4.69) is 0 Å². The van der Waals surface area contributed by atoms with Gasteiger partial charge in [0.2, 0.25) is 5.91 Å². The van der Waals surface area contributed by atoms with Crippen molar-refractivity contribution in [1.82, 2.24) is 4.90 Å². The Morgan fingerprint density at radius 3 is 2.11 bits per heavy atom. The Kier molecular flexibility index (Phi) is 5.55. The molecule has 3 atom stereocenters. The molecule has 0 aliphatic rings. The van der Waals surface area contributed by atoms with Gasteiger partial charge < -0.3 is 10.0 Å². The van der Waals surface area contributed by atoms with Crippen LogP contribution in [0.25, 0.3) is 0 Å². The Bertz CT molecular complexity index is 402. The Labute approximate surface area is 116 Å². The standard InChI is InChI=1S/C16H25NO2/c1-11(2)12(3)16(19)17(5)13(4)15(18)14-9-7-6-8-10-14/h6-13,15,18H,1-5H3/t12-,13-,15+/m0/s1. The van der Waals surface area contributed by atoms with Gasteiger partial charge in [0.15, 0.2) is 0 Å². The van der Waals surface area contributed by atoms with Gasteiger partial charge in [-0.25, -0.2) is 0 Å². The average Bonchev–Trinajstić information content (AvgIpc) is 2.44. The van der Waals surface area contributed by atoms with Crippen molar-refractivity contribution < 1.29 is 9.90 Å². The summed E-state index contributed by atoms with van der Waals surface area (Å²) in [4.78, 5) is 13.9. The lowest BCUT2D eigenvalue weighted by molar-refractivity contribution is -0.139. The third kappa shape index (κ3) is 3.80. The summed E-state index contributed by atoms with van der Waals surface area (Å²) in [6, 6.07) is 9.22. The summed E-state index contributed by atoms with van der Waals surface area (Å²) in [6.07, 6.45) is -0.658. The minimum Gasteiger partial charge on any atom is -0.386 e. The molecule has 3 nitrogen and oxygen atoms in total. The van der Waals surface area contributed by atoms with Crippen LogP contribution in [0.15, 0.2) is 30.3 Å². The van der Waals surface area contributed by atoms with Gasteiger partial charge in [-0.2, -0.15) is 0 Å². The number of carbonyl (C=O) groups is 1. The van der Waals surface area contributed by atoms with Gasteiger partial charge in [-0.15, -0.1) is 0 Å². The molecule has 1 aromatic carbocycles. The number of aliphatic hydroxyl groups is 1. The van der Waals surface area contributed by atoms with E-state index in [0.717, 1.165) is 5.56 Å². The lowest BCUT2D eigenvalue weighted by Crippen LogP contribution is -2.42. The van der Waals surface area contributed by atoms with E-state index < -0.39 is 6.10 Å². The van der Waals surface area contributed by atoms with Crippen LogP contribution in [0.1, 0.15) is 39.4 Å². The van der Waals surface area contributed by atoms with Crippen molar-refractivity contribution in [2.45, 2.75) is 39.8 Å². The van der Waals surface area contributed by atoms with Gasteiger partial charge in [0, 0.05) is 13.0 Å². The minimum absolute atomic E-state index is 0.0320. The molecule has 1 N–H and O–H groups in total. The Morgan fingerprint density at radius 1 is 1.11 bits per heavy atom. The zero-order chi connectivity index (χ0) is 14.6.